The number of esters is 1. The highest BCUT2D eigenvalue weighted by Crippen LogP contribution is 1.93. The predicted molar refractivity (Wildman–Crippen MR) is 41.6 cm³/mol. The van der Waals surface area contributed by atoms with Gasteiger partial charge in [-0.05, 0) is 6.42 Å². The summed E-state index contributed by atoms with van der Waals surface area (Å²) in [6.45, 7) is 2.47. The Balaban J connectivity index is 2.30. The van der Waals surface area contributed by atoms with Gasteiger partial charge in [0.05, 0.1) is 6.61 Å². The fraction of sp³-hybridized carbons (Fsp3) is 0.571. The fourth-order valence-corrected chi connectivity index (χ4v) is 0.681. The second kappa shape index (κ2) is 4.48. The van der Waals surface area contributed by atoms with Crippen molar-refractivity contribution < 1.29 is 9.53 Å². The average Bonchev–Trinajstić information content (AvgIpc) is 2.56. The second-order valence-corrected chi connectivity index (χ2v) is 2.32. The van der Waals surface area contributed by atoms with E-state index in [-0.39, 0.29) is 5.82 Å². The quantitative estimate of drug-likeness (QED) is 0.533. The van der Waals surface area contributed by atoms with Crippen LogP contribution in [0, 0.1) is 0 Å². The van der Waals surface area contributed by atoms with E-state index in [1.54, 1.807) is 0 Å². The molecule has 0 fully saturated rings. The highest BCUT2D eigenvalue weighted by molar-refractivity contribution is 5.84. The number of nitrogens with zero attached hydrogens (tertiary/aromatic N) is 2. The lowest BCUT2D eigenvalue weighted by molar-refractivity contribution is 0.0486. The second-order valence-electron chi connectivity index (χ2n) is 2.32. The first-order valence-corrected chi connectivity index (χ1v) is 3.87. The van der Waals surface area contributed by atoms with Crippen LogP contribution in [0.2, 0.25) is 0 Å². The number of carbonyl (C=O) groups is 1. The number of nitrogens with one attached hydrogen (secondary N) is 1. The van der Waals surface area contributed by atoms with Gasteiger partial charge >= 0.3 is 5.97 Å². The normalized spacial score (nSPS) is 9.75. The zero-order valence-corrected chi connectivity index (χ0v) is 6.91. The number of carbonyl (C=O) groups excluding carboxylic acids is 1. The summed E-state index contributed by atoms with van der Waals surface area (Å²) in [6.07, 6.45) is 3.15. The Bertz CT molecular complexity index is 233. The van der Waals surface area contributed by atoms with Crippen molar-refractivity contribution in [1.82, 2.24) is 15.2 Å². The summed E-state index contributed by atoms with van der Waals surface area (Å²) >= 11 is 0. The minimum atomic E-state index is -0.444. The number of hydrogen-bond donors (Lipinski definition) is 1. The summed E-state index contributed by atoms with van der Waals surface area (Å²) in [7, 11) is 0. The van der Waals surface area contributed by atoms with Crippen molar-refractivity contribution >= 4 is 5.97 Å². The van der Waals surface area contributed by atoms with Gasteiger partial charge in [-0.3, -0.25) is 5.10 Å². The van der Waals surface area contributed by atoms with Crippen LogP contribution in [0.5, 0.6) is 0 Å². The Morgan fingerprint density at radius 3 is 3.17 bits per heavy atom. The minimum absolute atomic E-state index is 0.158. The molecule has 1 aromatic heterocycles. The van der Waals surface area contributed by atoms with E-state index in [1.807, 2.05) is 6.92 Å². The van der Waals surface area contributed by atoms with Gasteiger partial charge in [-0.2, -0.15) is 5.10 Å². The van der Waals surface area contributed by atoms with Gasteiger partial charge in [0, 0.05) is 0 Å². The van der Waals surface area contributed by atoms with E-state index < -0.39 is 5.97 Å². The summed E-state index contributed by atoms with van der Waals surface area (Å²) in [5, 5.41) is 5.96. The third-order valence-electron chi connectivity index (χ3n) is 1.34. The van der Waals surface area contributed by atoms with E-state index in [1.165, 1.54) is 6.33 Å². The standard InChI is InChI=1S/C7H11N3O2/c1-2-3-4-12-7(11)6-8-5-9-10-6/h5H,2-4H2,1H3,(H,8,9,10). The SMILES string of the molecule is CCCCOC(=O)c1ncn[nH]1. The van der Waals surface area contributed by atoms with Gasteiger partial charge in [0.1, 0.15) is 6.33 Å². The summed E-state index contributed by atoms with van der Waals surface area (Å²) in [4.78, 5) is 14.7. The largest absolute Gasteiger partial charge is 0.460 e. The molecule has 12 heavy (non-hydrogen) atoms. The monoisotopic (exact) mass is 169 g/mol. The van der Waals surface area contributed by atoms with Crippen molar-refractivity contribution in [1.29, 1.82) is 0 Å². The van der Waals surface area contributed by atoms with Crippen molar-refractivity contribution in [3.8, 4) is 0 Å². The third kappa shape index (κ3) is 2.34. The van der Waals surface area contributed by atoms with Gasteiger partial charge in [-0.25, -0.2) is 9.78 Å². The number of H-pyrrole nitrogens is 1. The van der Waals surface area contributed by atoms with Crippen LogP contribution in [0.15, 0.2) is 6.33 Å². The molecule has 66 valence electrons. The first kappa shape index (κ1) is 8.70. The molecule has 0 aromatic carbocycles. The summed E-state index contributed by atoms with van der Waals surface area (Å²) in [5.41, 5.74) is 0. The minimum Gasteiger partial charge on any atom is -0.460 e. The molecule has 5 heteroatoms. The smallest absolute Gasteiger partial charge is 0.375 e. The Kier molecular flexibility index (Phi) is 3.25. The van der Waals surface area contributed by atoms with Crippen molar-refractivity contribution in [2.75, 3.05) is 6.61 Å². The van der Waals surface area contributed by atoms with Crippen LogP contribution in [-0.2, 0) is 4.74 Å². The lowest BCUT2D eigenvalue weighted by Crippen LogP contribution is -2.08. The molecule has 0 saturated carbocycles. The lowest BCUT2D eigenvalue weighted by atomic mass is 10.4. The highest BCUT2D eigenvalue weighted by Gasteiger charge is 2.08. The number of aromatic amines is 1. The van der Waals surface area contributed by atoms with Crippen LogP contribution in [0.4, 0.5) is 0 Å². The van der Waals surface area contributed by atoms with E-state index >= 15 is 0 Å². The molecule has 1 N–H and O–H groups in total. The van der Waals surface area contributed by atoms with Gasteiger partial charge in [-0.1, -0.05) is 13.3 Å². The van der Waals surface area contributed by atoms with Gasteiger partial charge in [0.25, 0.3) is 0 Å². The molecule has 0 aliphatic rings. The molecular weight excluding hydrogens is 158 g/mol. The highest BCUT2D eigenvalue weighted by atomic mass is 16.5. The molecule has 0 saturated heterocycles. The van der Waals surface area contributed by atoms with Crippen molar-refractivity contribution in [2.45, 2.75) is 19.8 Å². The first-order chi connectivity index (χ1) is 5.84. The van der Waals surface area contributed by atoms with Crippen LogP contribution >= 0.6 is 0 Å². The zero-order valence-electron chi connectivity index (χ0n) is 6.91. The molecule has 1 heterocycles. The molecular formula is C7H11N3O2. The number of aromatic nitrogens is 3. The van der Waals surface area contributed by atoms with E-state index in [2.05, 4.69) is 15.2 Å². The zero-order chi connectivity index (χ0) is 8.81. The van der Waals surface area contributed by atoms with E-state index in [0.717, 1.165) is 12.8 Å². The number of hydrogen-bond acceptors (Lipinski definition) is 4. The first-order valence-electron chi connectivity index (χ1n) is 3.87. The molecule has 0 spiro atoms. The lowest BCUT2D eigenvalue weighted by Gasteiger charge is -1.99. The maximum absolute atomic E-state index is 11.0. The summed E-state index contributed by atoms with van der Waals surface area (Å²) < 4.78 is 4.85. The predicted octanol–water partition coefficient (Wildman–Crippen LogP) is 0.762. The van der Waals surface area contributed by atoms with Crippen molar-refractivity contribution in [3.63, 3.8) is 0 Å². The van der Waals surface area contributed by atoms with Crippen molar-refractivity contribution in [2.24, 2.45) is 0 Å². The molecule has 0 aliphatic heterocycles. The molecule has 0 aliphatic carbocycles. The van der Waals surface area contributed by atoms with Crippen LogP contribution in [0.25, 0.3) is 0 Å². The Morgan fingerprint density at radius 1 is 1.75 bits per heavy atom. The summed E-state index contributed by atoms with van der Waals surface area (Å²) in [6, 6.07) is 0. The van der Waals surface area contributed by atoms with Gasteiger partial charge < -0.3 is 4.74 Å². The van der Waals surface area contributed by atoms with Gasteiger partial charge in [0.2, 0.25) is 5.82 Å². The fourth-order valence-electron chi connectivity index (χ4n) is 0.681. The molecule has 0 unspecified atom stereocenters. The van der Waals surface area contributed by atoms with Gasteiger partial charge in [0.15, 0.2) is 0 Å². The van der Waals surface area contributed by atoms with E-state index in [4.69, 9.17) is 4.74 Å². The van der Waals surface area contributed by atoms with Crippen LogP contribution in [0.3, 0.4) is 0 Å². The summed E-state index contributed by atoms with van der Waals surface area (Å²) in [5.74, 6) is -0.285. The van der Waals surface area contributed by atoms with Crippen LogP contribution in [0.1, 0.15) is 30.4 Å². The molecule has 0 atom stereocenters. The molecule has 5 nitrogen and oxygen atoms in total. The van der Waals surface area contributed by atoms with E-state index in [0.29, 0.717) is 6.61 Å². The third-order valence-corrected chi connectivity index (χ3v) is 1.34. The van der Waals surface area contributed by atoms with Crippen LogP contribution < -0.4 is 0 Å². The van der Waals surface area contributed by atoms with Gasteiger partial charge in [-0.15, -0.1) is 0 Å². The molecule has 1 aromatic rings. The topological polar surface area (TPSA) is 67.9 Å². The number of unbranched alkanes of at least 4 members (excludes halogenated alkanes) is 1. The molecule has 0 radical (unpaired) electrons. The maximum Gasteiger partial charge on any atom is 0.375 e. The number of rotatable bonds is 4. The molecule has 0 amide bonds. The average molecular weight is 169 g/mol. The van der Waals surface area contributed by atoms with Crippen molar-refractivity contribution in [3.05, 3.63) is 12.2 Å². The number of ether oxygens (including phenoxy) is 1. The molecule has 1 rings (SSSR count). The van der Waals surface area contributed by atoms with E-state index in [9.17, 15) is 4.79 Å². The Morgan fingerprint density at radius 2 is 2.58 bits per heavy atom. The Hall–Kier alpha value is -1.39. The molecule has 0 bridgehead atoms. The Labute approximate surface area is 70.1 Å². The van der Waals surface area contributed by atoms with Crippen LogP contribution in [-0.4, -0.2) is 27.8 Å². The maximum atomic E-state index is 11.0.